The summed E-state index contributed by atoms with van der Waals surface area (Å²) in [6.07, 6.45) is 6.97. The first-order chi connectivity index (χ1) is 14.4. The van der Waals surface area contributed by atoms with Crippen LogP contribution in [0.3, 0.4) is 0 Å². The second-order valence-corrected chi connectivity index (χ2v) is 8.05. The van der Waals surface area contributed by atoms with Crippen molar-refractivity contribution in [3.05, 3.63) is 65.2 Å². The first-order valence-electron chi connectivity index (χ1n) is 10.2. The van der Waals surface area contributed by atoms with E-state index in [1.54, 1.807) is 12.4 Å². The minimum Gasteiger partial charge on any atom is -0.370 e. The van der Waals surface area contributed by atoms with Crippen LogP contribution in [0.4, 0.5) is 13.2 Å². The molecule has 0 saturated carbocycles. The lowest BCUT2D eigenvalue weighted by Gasteiger charge is -2.39. The van der Waals surface area contributed by atoms with Gasteiger partial charge in [-0.3, -0.25) is 14.7 Å². The first-order valence-corrected chi connectivity index (χ1v) is 10.2. The second kappa shape index (κ2) is 8.73. The van der Waals surface area contributed by atoms with E-state index in [0.717, 1.165) is 45.3 Å². The van der Waals surface area contributed by atoms with Crippen molar-refractivity contribution >= 4 is 5.91 Å². The molecule has 2 aliphatic heterocycles. The number of pyridine rings is 1. The number of aromatic nitrogens is 1. The Morgan fingerprint density at radius 2 is 1.80 bits per heavy atom. The summed E-state index contributed by atoms with van der Waals surface area (Å²) in [4.78, 5) is 18.6. The standard InChI is InChI=1S/C22H24F3N3O2/c23-18-12-20(25)19(24)11-17(18)21(29)27-13-16-1-4-22(30-16)5-9-28(10-6-22)14-15-2-7-26-8-3-15/h2-3,7-8,11-12,16H,1,4-6,9-10,13-14H2,(H,27,29)/t16-/m1/s1. The lowest BCUT2D eigenvalue weighted by atomic mass is 9.88. The number of halogens is 3. The average Bonchev–Trinajstić information content (AvgIpc) is 3.14. The van der Waals surface area contributed by atoms with E-state index in [-0.39, 0.29) is 18.2 Å². The fourth-order valence-corrected chi connectivity index (χ4v) is 4.27. The summed E-state index contributed by atoms with van der Waals surface area (Å²) in [6, 6.07) is 5.00. The molecule has 1 atom stereocenters. The quantitative estimate of drug-likeness (QED) is 0.755. The number of ether oxygens (including phenoxy) is 1. The first kappa shape index (κ1) is 20.8. The van der Waals surface area contributed by atoms with E-state index in [2.05, 4.69) is 15.2 Å². The molecule has 0 bridgehead atoms. The molecule has 1 N–H and O–H groups in total. The van der Waals surface area contributed by atoms with Crippen LogP contribution in [0.1, 0.15) is 41.6 Å². The van der Waals surface area contributed by atoms with Gasteiger partial charge in [-0.2, -0.15) is 0 Å². The number of nitrogens with one attached hydrogen (secondary N) is 1. The molecule has 30 heavy (non-hydrogen) atoms. The van der Waals surface area contributed by atoms with Crippen LogP contribution in [0.2, 0.25) is 0 Å². The van der Waals surface area contributed by atoms with Crippen LogP contribution in [-0.4, -0.2) is 47.1 Å². The van der Waals surface area contributed by atoms with Gasteiger partial charge in [0.15, 0.2) is 11.6 Å². The smallest absolute Gasteiger partial charge is 0.254 e. The van der Waals surface area contributed by atoms with E-state index in [0.29, 0.717) is 12.1 Å². The third-order valence-corrected chi connectivity index (χ3v) is 6.01. The number of likely N-dealkylation sites (tertiary alicyclic amines) is 1. The molecule has 3 heterocycles. The molecule has 1 spiro atoms. The van der Waals surface area contributed by atoms with Gasteiger partial charge in [-0.1, -0.05) is 0 Å². The predicted molar refractivity (Wildman–Crippen MR) is 104 cm³/mol. The third kappa shape index (κ3) is 4.65. The minimum absolute atomic E-state index is 0.172. The number of hydrogen-bond acceptors (Lipinski definition) is 4. The Kier molecular flexibility index (Phi) is 6.06. The van der Waals surface area contributed by atoms with Crippen molar-refractivity contribution in [2.24, 2.45) is 0 Å². The summed E-state index contributed by atoms with van der Waals surface area (Å²) in [5, 5.41) is 2.58. The second-order valence-electron chi connectivity index (χ2n) is 8.05. The van der Waals surface area contributed by atoms with Gasteiger partial charge in [-0.05, 0) is 49.4 Å². The highest BCUT2D eigenvalue weighted by atomic mass is 19.2. The number of benzene rings is 1. The lowest BCUT2D eigenvalue weighted by Crippen LogP contribution is -2.44. The number of piperidine rings is 1. The Balaban J connectivity index is 1.26. The van der Waals surface area contributed by atoms with E-state index in [1.165, 1.54) is 5.56 Å². The molecule has 2 fully saturated rings. The molecule has 2 saturated heterocycles. The van der Waals surface area contributed by atoms with E-state index in [4.69, 9.17) is 4.74 Å². The Morgan fingerprint density at radius 1 is 1.10 bits per heavy atom. The minimum atomic E-state index is -1.32. The van der Waals surface area contributed by atoms with Crippen LogP contribution in [0.15, 0.2) is 36.7 Å². The maximum atomic E-state index is 13.8. The maximum absolute atomic E-state index is 13.8. The van der Waals surface area contributed by atoms with Crippen LogP contribution in [0, 0.1) is 17.5 Å². The van der Waals surface area contributed by atoms with Crippen molar-refractivity contribution in [3.63, 3.8) is 0 Å². The third-order valence-electron chi connectivity index (χ3n) is 6.01. The molecule has 2 aromatic rings. The van der Waals surface area contributed by atoms with Crippen LogP contribution >= 0.6 is 0 Å². The summed E-state index contributed by atoms with van der Waals surface area (Å²) in [7, 11) is 0. The fourth-order valence-electron chi connectivity index (χ4n) is 4.27. The number of rotatable bonds is 5. The maximum Gasteiger partial charge on any atom is 0.254 e. The predicted octanol–water partition coefficient (Wildman–Crippen LogP) is 3.44. The SMILES string of the molecule is O=C(NC[C@H]1CCC2(CCN(Cc3ccncc3)CC2)O1)c1cc(F)c(F)cc1F. The zero-order valence-corrected chi connectivity index (χ0v) is 16.5. The molecule has 0 aliphatic carbocycles. The molecular weight excluding hydrogens is 395 g/mol. The Labute approximate surface area is 173 Å². The molecule has 1 aromatic heterocycles. The fraction of sp³-hybridized carbons (Fsp3) is 0.455. The Morgan fingerprint density at radius 3 is 2.53 bits per heavy atom. The molecular formula is C22H24F3N3O2. The van der Waals surface area contributed by atoms with Crippen molar-refractivity contribution < 1.29 is 22.7 Å². The van der Waals surface area contributed by atoms with Crippen molar-refractivity contribution in [1.29, 1.82) is 0 Å². The Bertz CT molecular complexity index is 902. The summed E-state index contributed by atoms with van der Waals surface area (Å²) in [5.74, 6) is -4.43. The van der Waals surface area contributed by atoms with Crippen molar-refractivity contribution in [2.45, 2.75) is 43.9 Å². The molecule has 160 valence electrons. The molecule has 1 aromatic carbocycles. The highest BCUT2D eigenvalue weighted by Crippen LogP contribution is 2.39. The lowest BCUT2D eigenvalue weighted by molar-refractivity contribution is -0.0764. The van der Waals surface area contributed by atoms with E-state index in [1.807, 2.05) is 12.1 Å². The largest absolute Gasteiger partial charge is 0.370 e. The number of hydrogen-bond donors (Lipinski definition) is 1. The van der Waals surface area contributed by atoms with Gasteiger partial charge in [0.05, 0.1) is 17.3 Å². The normalized spacial score (nSPS) is 21.1. The van der Waals surface area contributed by atoms with Gasteiger partial charge in [0.1, 0.15) is 5.82 Å². The van der Waals surface area contributed by atoms with Gasteiger partial charge in [-0.15, -0.1) is 0 Å². The van der Waals surface area contributed by atoms with Crippen molar-refractivity contribution in [1.82, 2.24) is 15.2 Å². The van der Waals surface area contributed by atoms with E-state index in [9.17, 15) is 18.0 Å². The zero-order valence-electron chi connectivity index (χ0n) is 16.5. The highest BCUT2D eigenvalue weighted by Gasteiger charge is 2.42. The summed E-state index contributed by atoms with van der Waals surface area (Å²) in [6.45, 7) is 2.96. The monoisotopic (exact) mass is 419 g/mol. The van der Waals surface area contributed by atoms with Gasteiger partial charge >= 0.3 is 0 Å². The average molecular weight is 419 g/mol. The van der Waals surface area contributed by atoms with Crippen LogP contribution < -0.4 is 5.32 Å². The van der Waals surface area contributed by atoms with Gasteiger partial charge in [0, 0.05) is 44.6 Å². The molecule has 0 radical (unpaired) electrons. The number of nitrogens with zero attached hydrogens (tertiary/aromatic N) is 2. The van der Waals surface area contributed by atoms with Gasteiger partial charge in [-0.25, -0.2) is 13.2 Å². The molecule has 4 rings (SSSR count). The molecule has 0 unspecified atom stereocenters. The topological polar surface area (TPSA) is 54.5 Å². The summed E-state index contributed by atoms with van der Waals surface area (Å²) >= 11 is 0. The highest BCUT2D eigenvalue weighted by molar-refractivity contribution is 5.94. The van der Waals surface area contributed by atoms with Gasteiger partial charge < -0.3 is 10.1 Å². The van der Waals surface area contributed by atoms with Crippen LogP contribution in [-0.2, 0) is 11.3 Å². The van der Waals surface area contributed by atoms with Crippen LogP contribution in [0.5, 0.6) is 0 Å². The molecule has 8 heteroatoms. The molecule has 5 nitrogen and oxygen atoms in total. The summed E-state index contributed by atoms with van der Waals surface area (Å²) < 4.78 is 46.4. The molecule has 1 amide bonds. The Hall–Kier alpha value is -2.45. The number of carbonyl (C=O) groups excluding carboxylic acids is 1. The number of amides is 1. The van der Waals surface area contributed by atoms with E-state index >= 15 is 0 Å². The van der Waals surface area contributed by atoms with Gasteiger partial charge in [0.25, 0.3) is 5.91 Å². The zero-order chi connectivity index (χ0) is 21.1. The van der Waals surface area contributed by atoms with Crippen molar-refractivity contribution in [2.75, 3.05) is 19.6 Å². The van der Waals surface area contributed by atoms with Crippen molar-refractivity contribution in [3.8, 4) is 0 Å². The van der Waals surface area contributed by atoms with E-state index < -0.39 is 28.9 Å². The van der Waals surface area contributed by atoms with Crippen LogP contribution in [0.25, 0.3) is 0 Å². The summed E-state index contributed by atoms with van der Waals surface area (Å²) in [5.41, 5.74) is 0.543. The molecule has 2 aliphatic rings. The van der Waals surface area contributed by atoms with Gasteiger partial charge in [0.2, 0.25) is 0 Å². The number of carbonyl (C=O) groups is 1.